The lowest BCUT2D eigenvalue weighted by Gasteiger charge is -2.05. The maximum atomic E-state index is 12.0. The van der Waals surface area contributed by atoms with Crippen LogP contribution in [0.2, 0.25) is 0 Å². The Morgan fingerprint density at radius 1 is 1.25 bits per heavy atom. The minimum Gasteiger partial charge on any atom is -0.350 e. The normalized spacial score (nSPS) is 11.2. The second-order valence-electron chi connectivity index (χ2n) is 4.24. The van der Waals surface area contributed by atoms with Crippen molar-refractivity contribution in [3.8, 4) is 0 Å². The van der Waals surface area contributed by atoms with Crippen LogP contribution in [0.15, 0.2) is 47.8 Å². The third-order valence-electron chi connectivity index (χ3n) is 2.73. The minimum absolute atomic E-state index is 0.0641. The van der Waals surface area contributed by atoms with E-state index in [0.29, 0.717) is 6.54 Å². The Kier molecular flexibility index (Phi) is 4.52. The number of carbonyl (C=O) groups excluding carboxylic acids is 1. The van der Waals surface area contributed by atoms with Gasteiger partial charge in [-0.2, -0.15) is 0 Å². The van der Waals surface area contributed by atoms with Gasteiger partial charge in [-0.05, 0) is 12.1 Å². The zero-order chi connectivity index (χ0) is 14.4. The maximum absolute atomic E-state index is 12.0. The maximum Gasteiger partial charge on any atom is 0.221 e. The number of hydrogen-bond acceptors (Lipinski definition) is 4. The highest BCUT2D eigenvalue weighted by Crippen LogP contribution is 2.10. The quantitative estimate of drug-likeness (QED) is 0.827. The highest BCUT2D eigenvalue weighted by atomic mass is 32.2. The van der Waals surface area contributed by atoms with Gasteiger partial charge in [-0.15, -0.1) is 0 Å². The smallest absolute Gasteiger partial charge is 0.221 e. The SMILES string of the molecule is O=C(CCS(=O)(=O)c1ccccc1)NCc1cnc[nH]1. The topological polar surface area (TPSA) is 91.9 Å². The summed E-state index contributed by atoms with van der Waals surface area (Å²) in [7, 11) is -3.41. The molecule has 7 heteroatoms. The van der Waals surface area contributed by atoms with Crippen LogP contribution in [-0.4, -0.2) is 30.0 Å². The molecule has 0 unspecified atom stereocenters. The molecule has 0 aliphatic rings. The summed E-state index contributed by atoms with van der Waals surface area (Å²) in [5, 5.41) is 2.63. The number of H-pyrrole nitrogens is 1. The van der Waals surface area contributed by atoms with Crippen molar-refractivity contribution in [1.82, 2.24) is 15.3 Å². The number of aromatic nitrogens is 2. The van der Waals surface area contributed by atoms with Gasteiger partial charge in [0.25, 0.3) is 0 Å². The summed E-state index contributed by atoms with van der Waals surface area (Å²) >= 11 is 0. The van der Waals surface area contributed by atoms with Crippen LogP contribution in [0.4, 0.5) is 0 Å². The number of carbonyl (C=O) groups is 1. The van der Waals surface area contributed by atoms with Crippen LogP contribution in [0.25, 0.3) is 0 Å². The van der Waals surface area contributed by atoms with E-state index in [2.05, 4.69) is 15.3 Å². The van der Waals surface area contributed by atoms with Gasteiger partial charge in [0, 0.05) is 12.6 Å². The van der Waals surface area contributed by atoms with Gasteiger partial charge in [0.2, 0.25) is 5.91 Å². The summed E-state index contributed by atoms with van der Waals surface area (Å²) in [5.74, 6) is -0.509. The molecule has 1 aromatic heterocycles. The fourth-order valence-corrected chi connectivity index (χ4v) is 2.90. The van der Waals surface area contributed by atoms with E-state index < -0.39 is 9.84 Å². The van der Waals surface area contributed by atoms with Crippen LogP contribution < -0.4 is 5.32 Å². The van der Waals surface area contributed by atoms with E-state index in [1.807, 2.05) is 0 Å². The standard InChI is InChI=1S/C13H15N3O3S/c17-13(15-9-11-8-14-10-16-11)6-7-20(18,19)12-4-2-1-3-5-12/h1-5,8,10H,6-7,9H2,(H,14,16)(H,15,17). The lowest BCUT2D eigenvalue weighted by molar-refractivity contribution is -0.120. The number of imidazole rings is 1. The zero-order valence-corrected chi connectivity index (χ0v) is 11.6. The number of aromatic amines is 1. The van der Waals surface area contributed by atoms with Crippen LogP contribution in [0.3, 0.4) is 0 Å². The van der Waals surface area contributed by atoms with Gasteiger partial charge in [0.1, 0.15) is 0 Å². The fourth-order valence-electron chi connectivity index (χ4n) is 1.64. The number of amides is 1. The lowest BCUT2D eigenvalue weighted by Crippen LogP contribution is -2.25. The summed E-state index contributed by atoms with van der Waals surface area (Å²) in [6.45, 7) is 0.310. The summed E-state index contributed by atoms with van der Waals surface area (Å²) in [4.78, 5) is 18.5. The van der Waals surface area contributed by atoms with Crippen molar-refractivity contribution in [3.05, 3.63) is 48.5 Å². The van der Waals surface area contributed by atoms with Crippen LogP contribution in [0.1, 0.15) is 12.1 Å². The van der Waals surface area contributed by atoms with Crippen molar-refractivity contribution in [2.75, 3.05) is 5.75 Å². The Hall–Kier alpha value is -2.15. The molecule has 0 aliphatic carbocycles. The molecule has 1 amide bonds. The largest absolute Gasteiger partial charge is 0.350 e. The van der Waals surface area contributed by atoms with Gasteiger partial charge in [0.15, 0.2) is 9.84 Å². The number of hydrogen-bond donors (Lipinski definition) is 2. The number of sulfone groups is 1. The van der Waals surface area contributed by atoms with Crippen LogP contribution in [0.5, 0.6) is 0 Å². The number of benzene rings is 1. The van der Waals surface area contributed by atoms with Crippen molar-refractivity contribution < 1.29 is 13.2 Å². The molecule has 0 saturated carbocycles. The molecule has 2 N–H and O–H groups in total. The molecule has 2 rings (SSSR count). The first-order valence-corrected chi connectivity index (χ1v) is 7.75. The Morgan fingerprint density at radius 2 is 2.00 bits per heavy atom. The van der Waals surface area contributed by atoms with Gasteiger partial charge in [-0.3, -0.25) is 4.79 Å². The van der Waals surface area contributed by atoms with Gasteiger partial charge in [-0.25, -0.2) is 13.4 Å². The highest BCUT2D eigenvalue weighted by molar-refractivity contribution is 7.91. The highest BCUT2D eigenvalue weighted by Gasteiger charge is 2.15. The van der Waals surface area contributed by atoms with E-state index in [9.17, 15) is 13.2 Å². The second-order valence-corrected chi connectivity index (χ2v) is 6.34. The molecule has 0 bridgehead atoms. The Morgan fingerprint density at radius 3 is 2.65 bits per heavy atom. The lowest BCUT2D eigenvalue weighted by atomic mass is 10.4. The van der Waals surface area contributed by atoms with Crippen molar-refractivity contribution in [2.24, 2.45) is 0 Å². The number of nitrogens with zero attached hydrogens (tertiary/aromatic N) is 1. The predicted molar refractivity (Wildman–Crippen MR) is 73.5 cm³/mol. The molecule has 0 saturated heterocycles. The molecule has 20 heavy (non-hydrogen) atoms. The molecule has 0 atom stereocenters. The van der Waals surface area contributed by atoms with Gasteiger partial charge < -0.3 is 10.3 Å². The third-order valence-corrected chi connectivity index (χ3v) is 4.46. The van der Waals surface area contributed by atoms with Crippen LogP contribution >= 0.6 is 0 Å². The van der Waals surface area contributed by atoms with Crippen molar-refractivity contribution in [1.29, 1.82) is 0 Å². The van der Waals surface area contributed by atoms with Crippen LogP contribution in [0, 0.1) is 0 Å². The monoisotopic (exact) mass is 293 g/mol. The second kappa shape index (κ2) is 6.33. The Labute approximate surface area is 117 Å². The van der Waals surface area contributed by atoms with Gasteiger partial charge in [-0.1, -0.05) is 18.2 Å². The number of rotatable bonds is 6. The molecule has 0 aliphatic heterocycles. The van der Waals surface area contributed by atoms with E-state index in [1.165, 1.54) is 18.5 Å². The third kappa shape index (κ3) is 3.92. The Bertz CT molecular complexity index is 651. The predicted octanol–water partition coefficient (Wildman–Crippen LogP) is 0.890. The Balaban J connectivity index is 1.84. The molecule has 0 fully saturated rings. The molecule has 106 valence electrons. The summed E-state index contributed by atoms with van der Waals surface area (Å²) in [6.07, 6.45) is 3.05. The first-order valence-electron chi connectivity index (χ1n) is 6.10. The van der Waals surface area contributed by atoms with E-state index in [0.717, 1.165) is 5.69 Å². The average molecular weight is 293 g/mol. The van der Waals surface area contributed by atoms with E-state index in [-0.39, 0.29) is 23.0 Å². The molecule has 1 heterocycles. The zero-order valence-electron chi connectivity index (χ0n) is 10.7. The van der Waals surface area contributed by atoms with Crippen molar-refractivity contribution in [2.45, 2.75) is 17.9 Å². The van der Waals surface area contributed by atoms with Gasteiger partial charge >= 0.3 is 0 Å². The average Bonchev–Trinajstić information content (AvgIpc) is 2.97. The molecular formula is C13H15N3O3S. The first-order chi connectivity index (χ1) is 9.58. The minimum atomic E-state index is -3.41. The van der Waals surface area contributed by atoms with Gasteiger partial charge in [0.05, 0.1) is 29.2 Å². The first kappa shape index (κ1) is 14.3. The molecule has 1 aromatic carbocycles. The molecule has 0 spiro atoms. The fraction of sp³-hybridized carbons (Fsp3) is 0.231. The van der Waals surface area contributed by atoms with E-state index in [4.69, 9.17) is 0 Å². The summed E-state index contributed by atoms with van der Waals surface area (Å²) in [6, 6.07) is 8.11. The number of nitrogens with one attached hydrogen (secondary N) is 2. The van der Waals surface area contributed by atoms with E-state index in [1.54, 1.807) is 24.4 Å². The molecular weight excluding hydrogens is 278 g/mol. The molecule has 0 radical (unpaired) electrons. The molecule has 2 aromatic rings. The molecule has 6 nitrogen and oxygen atoms in total. The van der Waals surface area contributed by atoms with E-state index >= 15 is 0 Å². The van der Waals surface area contributed by atoms with Crippen molar-refractivity contribution in [3.63, 3.8) is 0 Å². The van der Waals surface area contributed by atoms with Crippen LogP contribution in [-0.2, 0) is 21.2 Å². The summed E-state index contributed by atoms with van der Waals surface area (Å²) in [5.41, 5.74) is 0.768. The van der Waals surface area contributed by atoms with Crippen molar-refractivity contribution >= 4 is 15.7 Å². The summed E-state index contributed by atoms with van der Waals surface area (Å²) < 4.78 is 23.9.